The molecule has 2 heterocycles. The first-order chi connectivity index (χ1) is 9.10. The molecule has 1 unspecified atom stereocenters. The summed E-state index contributed by atoms with van der Waals surface area (Å²) in [6.45, 7) is 2.68. The fourth-order valence-electron chi connectivity index (χ4n) is 2.37. The molecule has 1 saturated heterocycles. The highest BCUT2D eigenvalue weighted by molar-refractivity contribution is 5.46. The molecule has 19 heavy (non-hydrogen) atoms. The van der Waals surface area contributed by atoms with E-state index in [0.29, 0.717) is 12.5 Å². The second-order valence-electron chi connectivity index (χ2n) is 4.94. The Morgan fingerprint density at radius 1 is 1.42 bits per heavy atom. The first-order valence-corrected chi connectivity index (χ1v) is 6.35. The van der Waals surface area contributed by atoms with E-state index < -0.39 is 11.6 Å². The molecule has 1 aromatic rings. The van der Waals surface area contributed by atoms with Crippen molar-refractivity contribution < 1.29 is 8.78 Å². The van der Waals surface area contributed by atoms with Gasteiger partial charge in [-0.15, -0.1) is 0 Å². The van der Waals surface area contributed by atoms with Crippen LogP contribution in [0.25, 0.3) is 0 Å². The van der Waals surface area contributed by atoms with E-state index >= 15 is 0 Å². The van der Waals surface area contributed by atoms with E-state index in [1.54, 1.807) is 0 Å². The molecule has 4 N–H and O–H groups in total. The van der Waals surface area contributed by atoms with Gasteiger partial charge in [0.2, 0.25) is 0 Å². The van der Waals surface area contributed by atoms with Crippen molar-refractivity contribution in [2.24, 2.45) is 11.8 Å². The van der Waals surface area contributed by atoms with E-state index in [0.717, 1.165) is 32.0 Å². The first-order valence-electron chi connectivity index (χ1n) is 6.35. The molecule has 5 nitrogen and oxygen atoms in total. The van der Waals surface area contributed by atoms with Crippen molar-refractivity contribution in [3.63, 3.8) is 0 Å². The number of pyridine rings is 1. The third-order valence-corrected chi connectivity index (χ3v) is 3.35. The van der Waals surface area contributed by atoms with Gasteiger partial charge in [-0.3, -0.25) is 0 Å². The Labute approximate surface area is 111 Å². The number of hydrogen-bond acceptors (Lipinski definition) is 5. The van der Waals surface area contributed by atoms with Crippen LogP contribution in [0.3, 0.4) is 0 Å². The van der Waals surface area contributed by atoms with Gasteiger partial charge in [0.05, 0.1) is 0 Å². The Balaban J connectivity index is 1.99. The number of likely N-dealkylation sites (tertiary alicyclic amines) is 1. The maximum Gasteiger partial charge on any atom is 0.178 e. The van der Waals surface area contributed by atoms with Gasteiger partial charge in [-0.25, -0.2) is 19.6 Å². The Kier molecular flexibility index (Phi) is 4.49. The van der Waals surface area contributed by atoms with E-state index in [2.05, 4.69) is 27.7 Å². The molecule has 7 heteroatoms. The molecule has 0 amide bonds. The normalized spacial score (nSPS) is 20.3. The third kappa shape index (κ3) is 3.51. The van der Waals surface area contributed by atoms with Crippen LogP contribution in [0, 0.1) is 17.6 Å². The van der Waals surface area contributed by atoms with Gasteiger partial charge in [-0.05, 0) is 32.4 Å². The number of halogens is 2. The zero-order chi connectivity index (χ0) is 13.8. The van der Waals surface area contributed by atoms with Crippen LogP contribution in [0.1, 0.15) is 12.8 Å². The molecule has 1 fully saturated rings. The minimum atomic E-state index is -0.803. The largest absolute Gasteiger partial charge is 0.367 e. The maximum absolute atomic E-state index is 13.6. The quantitative estimate of drug-likeness (QED) is 0.570. The lowest BCUT2D eigenvalue weighted by molar-refractivity contribution is 0.217. The minimum absolute atomic E-state index is 0.0302. The summed E-state index contributed by atoms with van der Waals surface area (Å²) in [7, 11) is 2.07. The molecule has 2 rings (SSSR count). The summed E-state index contributed by atoms with van der Waals surface area (Å²) in [5.41, 5.74) is 2.11. The predicted octanol–water partition coefficient (Wildman–Crippen LogP) is 1.40. The van der Waals surface area contributed by atoms with Gasteiger partial charge in [0, 0.05) is 19.2 Å². The first kappa shape index (κ1) is 14.0. The number of anilines is 2. The van der Waals surface area contributed by atoms with Crippen LogP contribution in [0.5, 0.6) is 0 Å². The van der Waals surface area contributed by atoms with Gasteiger partial charge < -0.3 is 15.6 Å². The second kappa shape index (κ2) is 6.12. The molecule has 106 valence electrons. The molecular weight excluding hydrogens is 252 g/mol. The fourth-order valence-corrected chi connectivity index (χ4v) is 2.37. The molecule has 1 atom stereocenters. The molecule has 0 aliphatic carbocycles. The van der Waals surface area contributed by atoms with Crippen molar-refractivity contribution in [3.05, 3.63) is 17.7 Å². The maximum atomic E-state index is 13.6. The van der Waals surface area contributed by atoms with Crippen molar-refractivity contribution in [1.29, 1.82) is 0 Å². The summed E-state index contributed by atoms with van der Waals surface area (Å²) in [6.07, 6.45) is 2.24. The number of aromatic nitrogens is 1. The Bertz CT molecular complexity index is 440. The lowest BCUT2D eigenvalue weighted by atomic mass is 9.98. The number of nitrogens with one attached hydrogen (secondary N) is 2. The van der Waals surface area contributed by atoms with Gasteiger partial charge in [-0.2, -0.15) is 0 Å². The molecule has 0 aromatic carbocycles. The zero-order valence-corrected chi connectivity index (χ0v) is 10.9. The van der Waals surface area contributed by atoms with E-state index in [9.17, 15) is 8.78 Å². The van der Waals surface area contributed by atoms with Crippen molar-refractivity contribution in [1.82, 2.24) is 9.88 Å². The molecular formula is C12H19F2N5. The van der Waals surface area contributed by atoms with E-state index in [4.69, 9.17) is 5.84 Å². The molecule has 0 radical (unpaired) electrons. The molecule has 1 aliphatic rings. The van der Waals surface area contributed by atoms with Crippen molar-refractivity contribution in [2.75, 3.05) is 37.4 Å². The highest BCUT2D eigenvalue weighted by atomic mass is 19.1. The number of piperidine rings is 1. The molecule has 0 spiro atoms. The number of hydrazine groups is 1. The van der Waals surface area contributed by atoms with E-state index in [-0.39, 0.29) is 11.6 Å². The third-order valence-electron chi connectivity index (χ3n) is 3.35. The van der Waals surface area contributed by atoms with Crippen LogP contribution in [0.4, 0.5) is 20.4 Å². The number of nitrogens with two attached hydrogens (primary N) is 1. The van der Waals surface area contributed by atoms with E-state index in [1.165, 1.54) is 0 Å². The average molecular weight is 271 g/mol. The van der Waals surface area contributed by atoms with Crippen LogP contribution in [-0.2, 0) is 0 Å². The lowest BCUT2D eigenvalue weighted by Crippen LogP contribution is -2.35. The fraction of sp³-hybridized carbons (Fsp3) is 0.583. The Morgan fingerprint density at radius 2 is 2.16 bits per heavy atom. The van der Waals surface area contributed by atoms with Crippen LogP contribution in [-0.4, -0.2) is 36.6 Å². The topological polar surface area (TPSA) is 66.2 Å². The number of nitrogen functional groups attached to an aromatic ring is 1. The SMILES string of the molecule is CN1CCCC(CNc2nc(NN)c(F)cc2F)C1. The monoisotopic (exact) mass is 271 g/mol. The summed E-state index contributed by atoms with van der Waals surface area (Å²) >= 11 is 0. The smallest absolute Gasteiger partial charge is 0.178 e. The lowest BCUT2D eigenvalue weighted by Gasteiger charge is -2.29. The van der Waals surface area contributed by atoms with Crippen molar-refractivity contribution in [2.45, 2.75) is 12.8 Å². The Hall–Kier alpha value is -1.47. The van der Waals surface area contributed by atoms with Crippen LogP contribution < -0.4 is 16.6 Å². The molecule has 1 aliphatic heterocycles. The van der Waals surface area contributed by atoms with Crippen molar-refractivity contribution in [3.8, 4) is 0 Å². The molecule has 0 saturated carbocycles. The van der Waals surface area contributed by atoms with Gasteiger partial charge in [-0.1, -0.05) is 0 Å². The Morgan fingerprint density at radius 3 is 2.84 bits per heavy atom. The summed E-state index contributed by atoms with van der Waals surface area (Å²) in [5, 5.41) is 2.93. The average Bonchev–Trinajstić information content (AvgIpc) is 2.38. The highest BCUT2D eigenvalue weighted by Crippen LogP contribution is 2.20. The number of rotatable bonds is 4. The van der Waals surface area contributed by atoms with E-state index in [1.807, 2.05) is 0 Å². The van der Waals surface area contributed by atoms with Gasteiger partial charge in [0.1, 0.15) is 0 Å². The standard InChI is InChI=1S/C12H19F2N5/c1-19-4-2-3-8(7-19)6-16-11-9(13)5-10(14)12(17-11)18-15/h5,8H,2-4,6-7,15H2,1H3,(H2,16,17,18). The van der Waals surface area contributed by atoms with Crippen LogP contribution >= 0.6 is 0 Å². The van der Waals surface area contributed by atoms with Crippen LogP contribution in [0.15, 0.2) is 6.07 Å². The van der Waals surface area contributed by atoms with Crippen LogP contribution in [0.2, 0.25) is 0 Å². The molecule has 0 bridgehead atoms. The number of hydrogen-bond donors (Lipinski definition) is 3. The second-order valence-corrected chi connectivity index (χ2v) is 4.94. The number of nitrogens with zero attached hydrogens (tertiary/aromatic N) is 2. The predicted molar refractivity (Wildman–Crippen MR) is 70.7 cm³/mol. The van der Waals surface area contributed by atoms with Crippen molar-refractivity contribution >= 4 is 11.6 Å². The highest BCUT2D eigenvalue weighted by Gasteiger charge is 2.18. The summed E-state index contributed by atoms with van der Waals surface area (Å²) < 4.78 is 26.8. The minimum Gasteiger partial charge on any atom is -0.367 e. The van der Waals surface area contributed by atoms with Gasteiger partial charge >= 0.3 is 0 Å². The summed E-state index contributed by atoms with van der Waals surface area (Å²) in [6, 6.07) is 0.775. The van der Waals surface area contributed by atoms with Gasteiger partial charge in [0.15, 0.2) is 23.3 Å². The summed E-state index contributed by atoms with van der Waals surface area (Å²) in [5.74, 6) is 3.92. The summed E-state index contributed by atoms with van der Waals surface area (Å²) in [4.78, 5) is 6.03. The van der Waals surface area contributed by atoms with Gasteiger partial charge in [0.25, 0.3) is 0 Å². The zero-order valence-electron chi connectivity index (χ0n) is 10.9. The molecule has 1 aromatic heterocycles.